The molecule has 2 amide bonds. The number of amides is 2. The summed E-state index contributed by atoms with van der Waals surface area (Å²) in [7, 11) is -3.52. The number of carbonyl (C=O) groups excluding carboxylic acids is 1. The molecular weight excluding hydrogens is 242 g/mol. The fraction of sp³-hybridized carbons (Fsp3) is 0.900. The normalized spacial score (nSPS) is 20.6. The lowest BCUT2D eigenvalue weighted by atomic mass is 10.2. The third-order valence-electron chi connectivity index (χ3n) is 2.87. The van der Waals surface area contributed by atoms with Gasteiger partial charge in [0.2, 0.25) is 10.0 Å². The first-order valence-corrected chi connectivity index (χ1v) is 7.70. The molecule has 0 aliphatic carbocycles. The molecule has 6 nitrogen and oxygen atoms in total. The van der Waals surface area contributed by atoms with Gasteiger partial charge in [0.15, 0.2) is 0 Å². The van der Waals surface area contributed by atoms with Crippen molar-refractivity contribution in [3.63, 3.8) is 0 Å². The van der Waals surface area contributed by atoms with Gasteiger partial charge in [0.05, 0.1) is 5.75 Å². The van der Waals surface area contributed by atoms with Crippen molar-refractivity contribution >= 4 is 16.1 Å². The summed E-state index contributed by atoms with van der Waals surface area (Å²) in [6, 6.07) is -0.448. The van der Waals surface area contributed by atoms with Crippen LogP contribution in [0.3, 0.4) is 0 Å². The molecule has 1 heterocycles. The largest absolute Gasteiger partial charge is 0.338 e. The van der Waals surface area contributed by atoms with Crippen LogP contribution in [0.25, 0.3) is 0 Å². The van der Waals surface area contributed by atoms with Gasteiger partial charge in [-0.15, -0.1) is 0 Å². The van der Waals surface area contributed by atoms with E-state index in [4.69, 9.17) is 5.14 Å². The second kappa shape index (κ2) is 6.20. The van der Waals surface area contributed by atoms with Gasteiger partial charge in [0.1, 0.15) is 0 Å². The summed E-state index contributed by atoms with van der Waals surface area (Å²) in [6.07, 6.45) is 3.49. The van der Waals surface area contributed by atoms with Gasteiger partial charge in [0, 0.05) is 19.1 Å². The quantitative estimate of drug-likeness (QED) is 0.696. The smallest absolute Gasteiger partial charge is 0.317 e. The Hall–Kier alpha value is -0.820. The molecule has 0 saturated carbocycles. The third-order valence-corrected chi connectivity index (χ3v) is 3.72. The monoisotopic (exact) mass is 263 g/mol. The number of primary sulfonamides is 1. The summed E-state index contributed by atoms with van der Waals surface area (Å²) in [5.41, 5.74) is 0. The predicted molar refractivity (Wildman–Crippen MR) is 66.0 cm³/mol. The Labute approximate surface area is 103 Å². The average molecular weight is 263 g/mol. The summed E-state index contributed by atoms with van der Waals surface area (Å²) in [5.74, 6) is -0.145. The van der Waals surface area contributed by atoms with Crippen molar-refractivity contribution in [3.05, 3.63) is 0 Å². The van der Waals surface area contributed by atoms with E-state index in [9.17, 15) is 13.2 Å². The molecule has 17 heavy (non-hydrogen) atoms. The molecule has 0 radical (unpaired) electrons. The van der Waals surface area contributed by atoms with Crippen LogP contribution in [0.1, 0.15) is 32.6 Å². The van der Waals surface area contributed by atoms with Crippen LogP contribution in [-0.2, 0) is 10.0 Å². The summed E-state index contributed by atoms with van der Waals surface area (Å²) in [4.78, 5) is 13.4. The molecule has 1 fully saturated rings. The highest BCUT2D eigenvalue weighted by atomic mass is 32.2. The molecule has 100 valence electrons. The number of nitrogens with one attached hydrogen (secondary N) is 1. The van der Waals surface area contributed by atoms with Crippen molar-refractivity contribution in [2.24, 2.45) is 5.14 Å². The number of urea groups is 1. The maximum absolute atomic E-state index is 11.8. The van der Waals surface area contributed by atoms with Crippen molar-refractivity contribution in [2.75, 3.05) is 18.8 Å². The molecule has 1 aliphatic rings. The lowest BCUT2D eigenvalue weighted by Gasteiger charge is -2.24. The van der Waals surface area contributed by atoms with E-state index in [-0.39, 0.29) is 17.8 Å². The molecule has 0 aromatic heterocycles. The summed E-state index contributed by atoms with van der Waals surface area (Å²) in [5, 5.41) is 7.81. The van der Waals surface area contributed by atoms with Crippen LogP contribution >= 0.6 is 0 Å². The highest BCUT2D eigenvalue weighted by Gasteiger charge is 2.31. The van der Waals surface area contributed by atoms with Crippen molar-refractivity contribution in [2.45, 2.75) is 38.6 Å². The van der Waals surface area contributed by atoms with Gasteiger partial charge < -0.3 is 10.2 Å². The van der Waals surface area contributed by atoms with Crippen molar-refractivity contribution in [3.8, 4) is 0 Å². The maximum Gasteiger partial charge on any atom is 0.317 e. The van der Waals surface area contributed by atoms with E-state index in [1.165, 1.54) is 0 Å². The highest BCUT2D eigenvalue weighted by Crippen LogP contribution is 2.18. The van der Waals surface area contributed by atoms with Gasteiger partial charge in [-0.25, -0.2) is 18.4 Å². The van der Waals surface area contributed by atoms with Gasteiger partial charge in [-0.2, -0.15) is 0 Å². The zero-order valence-electron chi connectivity index (χ0n) is 10.2. The zero-order chi connectivity index (χ0) is 12.9. The number of rotatable bonds is 5. The molecule has 1 atom stereocenters. The average Bonchev–Trinajstić information content (AvgIpc) is 2.63. The summed E-state index contributed by atoms with van der Waals surface area (Å²) < 4.78 is 22.1. The molecule has 0 spiro atoms. The number of sulfonamides is 1. The van der Waals surface area contributed by atoms with E-state index in [0.29, 0.717) is 19.5 Å². The lowest BCUT2D eigenvalue weighted by Crippen LogP contribution is -2.46. The minimum absolute atomic E-state index is 0.145. The van der Waals surface area contributed by atoms with Crippen LogP contribution in [0, 0.1) is 0 Å². The van der Waals surface area contributed by atoms with Gasteiger partial charge in [-0.3, -0.25) is 0 Å². The minimum atomic E-state index is -3.52. The molecule has 0 unspecified atom stereocenters. The van der Waals surface area contributed by atoms with Gasteiger partial charge in [-0.05, 0) is 19.3 Å². The molecule has 0 aromatic rings. The molecule has 0 aromatic carbocycles. The molecule has 1 rings (SSSR count). The Morgan fingerprint density at radius 1 is 1.53 bits per heavy atom. The number of hydrogen-bond donors (Lipinski definition) is 2. The van der Waals surface area contributed by atoms with Crippen molar-refractivity contribution in [1.82, 2.24) is 10.2 Å². The fourth-order valence-electron chi connectivity index (χ4n) is 2.02. The predicted octanol–water partition coefficient (Wildman–Crippen LogP) is 0.249. The van der Waals surface area contributed by atoms with Gasteiger partial charge in [0.25, 0.3) is 0 Å². The topological polar surface area (TPSA) is 92.5 Å². The van der Waals surface area contributed by atoms with E-state index < -0.39 is 10.0 Å². The van der Waals surface area contributed by atoms with Crippen LogP contribution in [0.4, 0.5) is 4.79 Å². The Morgan fingerprint density at radius 2 is 2.24 bits per heavy atom. The number of hydrogen-bond acceptors (Lipinski definition) is 3. The number of nitrogens with zero attached hydrogens (tertiary/aromatic N) is 1. The minimum Gasteiger partial charge on any atom is -0.338 e. The van der Waals surface area contributed by atoms with Crippen LogP contribution in [0.2, 0.25) is 0 Å². The summed E-state index contributed by atoms with van der Waals surface area (Å²) >= 11 is 0. The first-order chi connectivity index (χ1) is 7.94. The first-order valence-electron chi connectivity index (χ1n) is 5.99. The molecule has 1 saturated heterocycles. The first kappa shape index (κ1) is 14.2. The Kier molecular flexibility index (Phi) is 5.20. The van der Waals surface area contributed by atoms with E-state index in [2.05, 4.69) is 5.32 Å². The van der Waals surface area contributed by atoms with Crippen LogP contribution in [0.15, 0.2) is 0 Å². The van der Waals surface area contributed by atoms with Crippen LogP contribution in [-0.4, -0.2) is 44.2 Å². The summed E-state index contributed by atoms with van der Waals surface area (Å²) in [6.45, 7) is 3.29. The lowest BCUT2D eigenvalue weighted by molar-refractivity contribution is 0.196. The zero-order valence-corrected chi connectivity index (χ0v) is 11.0. The maximum atomic E-state index is 11.8. The van der Waals surface area contributed by atoms with Crippen LogP contribution in [0.5, 0.6) is 0 Å². The molecule has 1 aliphatic heterocycles. The van der Waals surface area contributed by atoms with Gasteiger partial charge in [-0.1, -0.05) is 13.3 Å². The van der Waals surface area contributed by atoms with E-state index in [0.717, 1.165) is 19.3 Å². The van der Waals surface area contributed by atoms with Gasteiger partial charge >= 0.3 is 6.03 Å². The van der Waals surface area contributed by atoms with E-state index in [1.54, 1.807) is 4.90 Å². The van der Waals surface area contributed by atoms with Crippen molar-refractivity contribution in [1.29, 1.82) is 0 Å². The van der Waals surface area contributed by atoms with Crippen LogP contribution < -0.4 is 10.5 Å². The van der Waals surface area contributed by atoms with E-state index in [1.807, 2.05) is 6.92 Å². The second-order valence-corrected chi connectivity index (χ2v) is 6.06. The molecule has 3 N–H and O–H groups in total. The number of unbranched alkanes of at least 4 members (excludes halogenated alkanes) is 1. The molecular formula is C10H21N3O3S. The number of nitrogens with two attached hydrogens (primary N) is 1. The third kappa shape index (κ3) is 4.91. The Balaban J connectivity index is 2.48. The number of carbonyl (C=O) groups is 1. The molecule has 0 bridgehead atoms. The van der Waals surface area contributed by atoms with E-state index >= 15 is 0 Å². The Bertz CT molecular complexity index is 356. The molecule has 7 heteroatoms. The standard InChI is InChI=1S/C10H21N3O3S/c1-2-3-6-12-10(14)13-7-4-5-9(13)8-17(11,15)16/h9H,2-8H2,1H3,(H,12,14)(H2,11,15,16)/t9-/m1/s1. The number of likely N-dealkylation sites (tertiary alicyclic amines) is 1. The highest BCUT2D eigenvalue weighted by molar-refractivity contribution is 7.89. The fourth-order valence-corrected chi connectivity index (χ4v) is 2.90. The SMILES string of the molecule is CCCCNC(=O)N1CCC[C@@H]1CS(N)(=O)=O. The Morgan fingerprint density at radius 3 is 2.82 bits per heavy atom. The van der Waals surface area contributed by atoms with Crippen molar-refractivity contribution < 1.29 is 13.2 Å². The second-order valence-electron chi connectivity index (χ2n) is 4.40.